The van der Waals surface area contributed by atoms with Crippen LogP contribution in [0.3, 0.4) is 0 Å². The second kappa shape index (κ2) is 10.2. The summed E-state index contributed by atoms with van der Waals surface area (Å²) >= 11 is 7.92. The van der Waals surface area contributed by atoms with Gasteiger partial charge in [-0.3, -0.25) is 9.69 Å². The van der Waals surface area contributed by atoms with E-state index in [-0.39, 0.29) is 15.8 Å². The molecule has 0 spiro atoms. The number of rotatable bonds is 7. The standard InChI is InChI=1S/C21H26ClN3O3S2/c1-23(2)30(27,28)20-16-17(8-9-19(20)22)21(26)25-12-10-24(11-13-25)14-15-29-18-6-4-3-5-7-18/h3-9,16H,10-15H2,1-2H3. The second-order valence-electron chi connectivity index (χ2n) is 7.23. The van der Waals surface area contributed by atoms with Crippen LogP contribution < -0.4 is 0 Å². The molecule has 9 heteroatoms. The molecule has 0 radical (unpaired) electrons. The fraction of sp³-hybridized carbons (Fsp3) is 0.381. The summed E-state index contributed by atoms with van der Waals surface area (Å²) in [4.78, 5) is 18.3. The first-order valence-electron chi connectivity index (χ1n) is 9.70. The Morgan fingerprint density at radius 2 is 1.73 bits per heavy atom. The van der Waals surface area contributed by atoms with E-state index in [1.807, 2.05) is 30.0 Å². The third-order valence-electron chi connectivity index (χ3n) is 5.02. The SMILES string of the molecule is CN(C)S(=O)(=O)c1cc(C(=O)N2CCN(CCSc3ccccc3)CC2)ccc1Cl. The fourth-order valence-corrected chi connectivity index (χ4v) is 5.53. The molecule has 0 bridgehead atoms. The van der Waals surface area contributed by atoms with Crippen molar-refractivity contribution in [1.29, 1.82) is 0 Å². The van der Waals surface area contributed by atoms with Gasteiger partial charge in [-0.25, -0.2) is 12.7 Å². The summed E-state index contributed by atoms with van der Waals surface area (Å²) in [5.41, 5.74) is 0.341. The molecule has 2 aromatic carbocycles. The van der Waals surface area contributed by atoms with E-state index in [0.717, 1.165) is 29.7 Å². The van der Waals surface area contributed by atoms with Crippen molar-refractivity contribution in [1.82, 2.24) is 14.1 Å². The van der Waals surface area contributed by atoms with Gasteiger partial charge in [0.2, 0.25) is 10.0 Å². The van der Waals surface area contributed by atoms with Crippen LogP contribution in [-0.4, -0.2) is 81.0 Å². The molecule has 0 N–H and O–H groups in total. The van der Waals surface area contributed by atoms with E-state index >= 15 is 0 Å². The normalized spacial score (nSPS) is 15.5. The van der Waals surface area contributed by atoms with Crippen molar-refractivity contribution in [3.63, 3.8) is 0 Å². The predicted octanol–water partition coefficient (Wildman–Crippen LogP) is 3.14. The van der Waals surface area contributed by atoms with Crippen molar-refractivity contribution >= 4 is 39.3 Å². The van der Waals surface area contributed by atoms with Gasteiger partial charge in [-0.15, -0.1) is 11.8 Å². The highest BCUT2D eigenvalue weighted by Crippen LogP contribution is 2.25. The lowest BCUT2D eigenvalue weighted by Crippen LogP contribution is -2.49. The highest BCUT2D eigenvalue weighted by atomic mass is 35.5. The molecule has 0 aromatic heterocycles. The zero-order valence-electron chi connectivity index (χ0n) is 17.1. The molecular formula is C21H26ClN3O3S2. The third kappa shape index (κ3) is 5.56. The molecule has 2 aromatic rings. The van der Waals surface area contributed by atoms with Crippen LogP contribution in [-0.2, 0) is 10.0 Å². The molecule has 162 valence electrons. The number of nitrogens with zero attached hydrogens (tertiary/aromatic N) is 3. The maximum Gasteiger partial charge on any atom is 0.253 e. The molecule has 0 unspecified atom stereocenters. The summed E-state index contributed by atoms with van der Waals surface area (Å²) < 4.78 is 26.0. The number of sulfonamides is 1. The zero-order valence-corrected chi connectivity index (χ0v) is 19.5. The number of amides is 1. The molecule has 1 aliphatic rings. The van der Waals surface area contributed by atoms with Crippen LogP contribution in [0.2, 0.25) is 5.02 Å². The number of piperazine rings is 1. The summed E-state index contributed by atoms with van der Waals surface area (Å²) in [6.07, 6.45) is 0. The van der Waals surface area contributed by atoms with Gasteiger partial charge in [-0.05, 0) is 30.3 Å². The van der Waals surface area contributed by atoms with Crippen molar-refractivity contribution in [2.45, 2.75) is 9.79 Å². The van der Waals surface area contributed by atoms with Gasteiger partial charge < -0.3 is 4.90 Å². The van der Waals surface area contributed by atoms with Gasteiger partial charge in [0.05, 0.1) is 5.02 Å². The van der Waals surface area contributed by atoms with Crippen molar-refractivity contribution in [2.24, 2.45) is 0 Å². The minimum atomic E-state index is -3.72. The smallest absolute Gasteiger partial charge is 0.253 e. The summed E-state index contributed by atoms with van der Waals surface area (Å²) in [6.45, 7) is 3.81. The Morgan fingerprint density at radius 3 is 2.37 bits per heavy atom. The van der Waals surface area contributed by atoms with E-state index in [1.165, 1.54) is 31.1 Å². The van der Waals surface area contributed by atoms with E-state index in [0.29, 0.717) is 18.7 Å². The van der Waals surface area contributed by atoms with Gasteiger partial charge in [-0.2, -0.15) is 0 Å². The first-order chi connectivity index (χ1) is 14.3. The maximum absolute atomic E-state index is 12.9. The third-order valence-corrected chi connectivity index (χ3v) is 8.30. The van der Waals surface area contributed by atoms with E-state index in [2.05, 4.69) is 17.0 Å². The molecule has 6 nitrogen and oxygen atoms in total. The quantitative estimate of drug-likeness (QED) is 0.585. The Morgan fingerprint density at radius 1 is 1.07 bits per heavy atom. The van der Waals surface area contributed by atoms with E-state index in [1.54, 1.807) is 11.0 Å². The van der Waals surface area contributed by atoms with Crippen LogP contribution in [0.5, 0.6) is 0 Å². The Kier molecular flexibility index (Phi) is 7.81. The van der Waals surface area contributed by atoms with Crippen molar-refractivity contribution < 1.29 is 13.2 Å². The molecule has 0 atom stereocenters. The number of carbonyl (C=O) groups excluding carboxylic acids is 1. The largest absolute Gasteiger partial charge is 0.336 e. The predicted molar refractivity (Wildman–Crippen MR) is 122 cm³/mol. The minimum Gasteiger partial charge on any atom is -0.336 e. The van der Waals surface area contributed by atoms with Crippen LogP contribution in [0.15, 0.2) is 58.3 Å². The molecule has 1 heterocycles. The Balaban J connectivity index is 1.56. The lowest BCUT2D eigenvalue weighted by atomic mass is 10.2. The average Bonchev–Trinajstić information content (AvgIpc) is 2.74. The summed E-state index contributed by atoms with van der Waals surface area (Å²) in [7, 11) is -0.836. The summed E-state index contributed by atoms with van der Waals surface area (Å²) in [5.74, 6) is 0.834. The average molecular weight is 468 g/mol. The van der Waals surface area contributed by atoms with Crippen molar-refractivity contribution in [3.05, 3.63) is 59.1 Å². The van der Waals surface area contributed by atoms with Crippen LogP contribution in [0.25, 0.3) is 0 Å². The van der Waals surface area contributed by atoms with Gasteiger partial charge in [0.15, 0.2) is 0 Å². The van der Waals surface area contributed by atoms with E-state index in [9.17, 15) is 13.2 Å². The minimum absolute atomic E-state index is 0.0448. The number of hydrogen-bond donors (Lipinski definition) is 0. The van der Waals surface area contributed by atoms with Gasteiger partial charge in [0, 0.05) is 63.0 Å². The highest BCUT2D eigenvalue weighted by molar-refractivity contribution is 7.99. The van der Waals surface area contributed by atoms with Crippen LogP contribution in [0, 0.1) is 0 Å². The molecular weight excluding hydrogens is 442 g/mol. The molecule has 1 fully saturated rings. The highest BCUT2D eigenvalue weighted by Gasteiger charge is 2.26. The van der Waals surface area contributed by atoms with Gasteiger partial charge in [0.1, 0.15) is 4.90 Å². The molecule has 3 rings (SSSR count). The van der Waals surface area contributed by atoms with E-state index in [4.69, 9.17) is 11.6 Å². The molecule has 1 amide bonds. The Hall–Kier alpha value is -1.58. The fourth-order valence-electron chi connectivity index (χ4n) is 3.20. The second-order valence-corrected chi connectivity index (χ2v) is 10.9. The molecule has 1 saturated heterocycles. The first kappa shape index (κ1) is 23.1. The number of benzene rings is 2. The lowest BCUT2D eigenvalue weighted by Gasteiger charge is -2.34. The summed E-state index contributed by atoms with van der Waals surface area (Å²) in [6, 6.07) is 14.8. The van der Waals surface area contributed by atoms with Crippen molar-refractivity contribution in [2.75, 3.05) is 52.6 Å². The van der Waals surface area contributed by atoms with Gasteiger partial charge in [-0.1, -0.05) is 29.8 Å². The number of thioether (sulfide) groups is 1. The zero-order chi connectivity index (χ0) is 21.7. The van der Waals surface area contributed by atoms with Gasteiger partial charge >= 0.3 is 0 Å². The van der Waals surface area contributed by atoms with Crippen molar-refractivity contribution in [3.8, 4) is 0 Å². The van der Waals surface area contributed by atoms with Crippen LogP contribution in [0.4, 0.5) is 0 Å². The maximum atomic E-state index is 12.9. The van der Waals surface area contributed by atoms with Gasteiger partial charge in [0.25, 0.3) is 5.91 Å². The number of halogens is 1. The summed E-state index contributed by atoms with van der Waals surface area (Å²) in [5, 5.41) is 0.112. The first-order valence-corrected chi connectivity index (χ1v) is 12.5. The molecule has 30 heavy (non-hydrogen) atoms. The number of carbonyl (C=O) groups is 1. The molecule has 0 saturated carbocycles. The van der Waals surface area contributed by atoms with E-state index < -0.39 is 10.0 Å². The Labute approximate surface area is 187 Å². The Bertz CT molecular complexity index is 976. The van der Waals surface area contributed by atoms with Crippen LogP contribution >= 0.6 is 23.4 Å². The monoisotopic (exact) mass is 467 g/mol. The lowest BCUT2D eigenvalue weighted by molar-refractivity contribution is 0.0644. The molecule has 0 aliphatic carbocycles. The van der Waals surface area contributed by atoms with Crippen LogP contribution in [0.1, 0.15) is 10.4 Å². The topological polar surface area (TPSA) is 60.9 Å². The molecule has 1 aliphatic heterocycles. The number of hydrogen-bond acceptors (Lipinski definition) is 5.